The quantitative estimate of drug-likeness (QED) is 0.551. The Morgan fingerprint density at radius 2 is 2.12 bits per heavy atom. The van der Waals surface area contributed by atoms with E-state index in [1.807, 2.05) is 6.92 Å². The molecule has 3 N–H and O–H groups in total. The fourth-order valence-electron chi connectivity index (χ4n) is 2.21. The number of nitrogens with zero attached hydrogens (tertiary/aromatic N) is 5. The molecule has 2 unspecified atom stereocenters. The standard InChI is InChI=1S/C11H14N6O4.CO2/c1-2-5-8-9(16(14-5)3-7(12)19)10(20)17(15-13-8)11-6(4-18)21-11;2-1-3/h6,11,18H,2-4H2,1H3,(H2,12,19);. The molecule has 1 amide bonds. The number of carbonyl (C=O) groups excluding carboxylic acids is 3. The minimum Gasteiger partial charge on any atom is -0.393 e. The van der Waals surface area contributed by atoms with Gasteiger partial charge >= 0.3 is 6.15 Å². The number of epoxide rings is 1. The van der Waals surface area contributed by atoms with Crippen LogP contribution in [0.3, 0.4) is 0 Å². The summed E-state index contributed by atoms with van der Waals surface area (Å²) in [6.07, 6.45) is -0.312. The Balaban J connectivity index is 0.000000647. The van der Waals surface area contributed by atoms with Crippen molar-refractivity contribution >= 4 is 23.1 Å². The molecule has 0 bridgehead atoms. The van der Waals surface area contributed by atoms with Crippen LogP contribution in [0, 0.1) is 0 Å². The predicted octanol–water partition coefficient (Wildman–Crippen LogP) is -2.66. The lowest BCUT2D eigenvalue weighted by molar-refractivity contribution is -0.191. The highest BCUT2D eigenvalue weighted by Gasteiger charge is 2.42. The van der Waals surface area contributed by atoms with Gasteiger partial charge in [-0.05, 0) is 6.42 Å². The molecule has 3 rings (SSSR count). The molecule has 0 aliphatic carbocycles. The Bertz CT molecular complexity index is 852. The molecule has 0 aromatic carbocycles. The first-order valence-corrected chi connectivity index (χ1v) is 6.87. The van der Waals surface area contributed by atoms with Gasteiger partial charge in [-0.3, -0.25) is 9.59 Å². The van der Waals surface area contributed by atoms with Crippen LogP contribution >= 0.6 is 0 Å². The summed E-state index contributed by atoms with van der Waals surface area (Å²) in [6, 6.07) is 0. The Labute approximate surface area is 133 Å². The minimum atomic E-state index is -0.638. The zero-order chi connectivity index (χ0) is 17.9. The van der Waals surface area contributed by atoms with E-state index in [0.29, 0.717) is 17.6 Å². The van der Waals surface area contributed by atoms with Gasteiger partial charge in [-0.15, -0.1) is 5.10 Å². The van der Waals surface area contributed by atoms with Crippen LogP contribution in [0.4, 0.5) is 0 Å². The number of aryl methyl sites for hydroxylation is 1. The van der Waals surface area contributed by atoms with Gasteiger partial charge in [-0.25, -0.2) is 4.68 Å². The Morgan fingerprint density at radius 3 is 2.62 bits per heavy atom. The second-order valence-electron chi connectivity index (χ2n) is 4.79. The van der Waals surface area contributed by atoms with E-state index in [1.54, 1.807) is 0 Å². The first-order chi connectivity index (χ1) is 11.5. The van der Waals surface area contributed by atoms with Crippen molar-refractivity contribution in [1.82, 2.24) is 24.8 Å². The van der Waals surface area contributed by atoms with Crippen LogP contribution in [0.1, 0.15) is 18.8 Å². The Kier molecular flexibility index (Phi) is 5.14. The molecule has 0 saturated carbocycles. The summed E-state index contributed by atoms with van der Waals surface area (Å²) in [5.74, 6) is -0.610. The van der Waals surface area contributed by atoms with E-state index in [1.165, 1.54) is 4.68 Å². The van der Waals surface area contributed by atoms with Crippen molar-refractivity contribution in [3.8, 4) is 0 Å². The monoisotopic (exact) mass is 338 g/mol. The molecule has 1 aliphatic heterocycles. The summed E-state index contributed by atoms with van der Waals surface area (Å²) < 4.78 is 7.41. The lowest BCUT2D eigenvalue weighted by atomic mass is 10.3. The fraction of sp³-hybridized carbons (Fsp3) is 0.500. The summed E-state index contributed by atoms with van der Waals surface area (Å²) in [5.41, 5.74) is 5.77. The molecule has 12 nitrogen and oxygen atoms in total. The highest BCUT2D eigenvalue weighted by Crippen LogP contribution is 2.31. The number of fused-ring (bicyclic) bond motifs is 1. The van der Waals surface area contributed by atoms with E-state index in [4.69, 9.17) is 25.2 Å². The van der Waals surface area contributed by atoms with Crippen molar-refractivity contribution in [2.75, 3.05) is 6.61 Å². The van der Waals surface area contributed by atoms with Crippen molar-refractivity contribution in [3.63, 3.8) is 0 Å². The maximum Gasteiger partial charge on any atom is 0.373 e. The molecular formula is C12H14N6O6. The van der Waals surface area contributed by atoms with Crippen LogP contribution in [0.15, 0.2) is 4.79 Å². The molecular weight excluding hydrogens is 324 g/mol. The summed E-state index contributed by atoms with van der Waals surface area (Å²) in [7, 11) is 0. The van der Waals surface area contributed by atoms with Gasteiger partial charge in [0.05, 0.1) is 12.3 Å². The molecule has 1 saturated heterocycles. The van der Waals surface area contributed by atoms with Gasteiger partial charge < -0.3 is 15.6 Å². The van der Waals surface area contributed by atoms with E-state index in [9.17, 15) is 9.59 Å². The first-order valence-electron chi connectivity index (χ1n) is 6.87. The third kappa shape index (κ3) is 3.20. The molecule has 3 heterocycles. The van der Waals surface area contributed by atoms with E-state index < -0.39 is 23.8 Å². The lowest BCUT2D eigenvalue weighted by Gasteiger charge is -2.01. The zero-order valence-corrected chi connectivity index (χ0v) is 12.6. The van der Waals surface area contributed by atoms with Crippen molar-refractivity contribution in [2.24, 2.45) is 5.73 Å². The van der Waals surface area contributed by atoms with E-state index in [2.05, 4.69) is 15.4 Å². The average molecular weight is 338 g/mol. The molecule has 1 fully saturated rings. The maximum atomic E-state index is 12.5. The Morgan fingerprint density at radius 1 is 1.46 bits per heavy atom. The van der Waals surface area contributed by atoms with E-state index in [0.717, 1.165) is 4.68 Å². The average Bonchev–Trinajstić information content (AvgIpc) is 3.23. The van der Waals surface area contributed by atoms with Gasteiger partial charge in [0.15, 0.2) is 11.7 Å². The van der Waals surface area contributed by atoms with Crippen molar-refractivity contribution in [3.05, 3.63) is 16.0 Å². The van der Waals surface area contributed by atoms with Crippen LogP contribution < -0.4 is 11.3 Å². The first kappa shape index (κ1) is 17.4. The lowest BCUT2D eigenvalue weighted by Crippen LogP contribution is -2.28. The van der Waals surface area contributed by atoms with Gasteiger partial charge in [-0.2, -0.15) is 19.4 Å². The van der Waals surface area contributed by atoms with Crippen molar-refractivity contribution in [1.29, 1.82) is 0 Å². The summed E-state index contributed by atoms with van der Waals surface area (Å²) in [5, 5.41) is 21.0. The normalized spacial score (nSPS) is 18.6. The number of aliphatic hydroxyl groups excluding tert-OH is 1. The van der Waals surface area contributed by atoms with Crippen molar-refractivity contribution in [2.45, 2.75) is 32.2 Å². The fourth-order valence-corrected chi connectivity index (χ4v) is 2.21. The van der Waals surface area contributed by atoms with Gasteiger partial charge in [0, 0.05) is 0 Å². The third-order valence-electron chi connectivity index (χ3n) is 3.27. The van der Waals surface area contributed by atoms with Crippen LogP contribution in [-0.2, 0) is 32.1 Å². The largest absolute Gasteiger partial charge is 0.393 e. The highest BCUT2D eigenvalue weighted by atomic mass is 16.6. The maximum absolute atomic E-state index is 12.5. The number of carbonyl (C=O) groups is 1. The smallest absolute Gasteiger partial charge is 0.373 e. The number of aliphatic hydroxyl groups is 1. The number of ether oxygens (including phenoxy) is 1. The van der Waals surface area contributed by atoms with Gasteiger partial charge in [0.25, 0.3) is 5.56 Å². The molecule has 2 aromatic rings. The molecule has 128 valence electrons. The molecule has 24 heavy (non-hydrogen) atoms. The summed E-state index contributed by atoms with van der Waals surface area (Å²) >= 11 is 0. The molecule has 12 heteroatoms. The summed E-state index contributed by atoms with van der Waals surface area (Å²) in [4.78, 5) is 39.8. The number of aromatic nitrogens is 5. The van der Waals surface area contributed by atoms with Gasteiger partial charge in [-0.1, -0.05) is 12.1 Å². The van der Waals surface area contributed by atoms with Gasteiger partial charge in [0.1, 0.15) is 18.2 Å². The molecule has 0 spiro atoms. The van der Waals surface area contributed by atoms with Crippen LogP contribution in [0.2, 0.25) is 0 Å². The summed E-state index contributed by atoms with van der Waals surface area (Å²) in [6.45, 7) is 1.43. The van der Waals surface area contributed by atoms with Crippen molar-refractivity contribution < 1.29 is 24.2 Å². The van der Waals surface area contributed by atoms with E-state index in [-0.39, 0.29) is 24.8 Å². The third-order valence-corrected chi connectivity index (χ3v) is 3.27. The topological polar surface area (TPSA) is 176 Å². The number of rotatable bonds is 5. The zero-order valence-electron chi connectivity index (χ0n) is 12.6. The number of hydrogen-bond donors (Lipinski definition) is 2. The number of nitrogens with two attached hydrogens (primary N) is 1. The second-order valence-corrected chi connectivity index (χ2v) is 4.79. The number of primary amides is 1. The molecule has 2 aromatic heterocycles. The minimum absolute atomic E-state index is 0.160. The second kappa shape index (κ2) is 7.08. The van der Waals surface area contributed by atoms with Crippen LogP contribution in [-0.4, -0.2) is 54.7 Å². The molecule has 2 atom stereocenters. The van der Waals surface area contributed by atoms with Crippen LogP contribution in [0.25, 0.3) is 11.0 Å². The molecule has 1 aliphatic rings. The van der Waals surface area contributed by atoms with E-state index >= 15 is 0 Å². The number of amides is 1. The SMILES string of the molecule is CCc1nn(CC(N)=O)c2c(=O)n(C3OC3CO)nnc12.O=C=O. The predicted molar refractivity (Wildman–Crippen MR) is 74.2 cm³/mol. The number of hydrogen-bond acceptors (Lipinski definition) is 9. The van der Waals surface area contributed by atoms with Crippen LogP contribution in [0.5, 0.6) is 0 Å². The highest BCUT2D eigenvalue weighted by molar-refractivity contribution is 5.79. The molecule has 0 radical (unpaired) electrons. The Hall–Kier alpha value is -2.95. The van der Waals surface area contributed by atoms with Gasteiger partial charge in [0.2, 0.25) is 5.91 Å².